The van der Waals surface area contributed by atoms with Crippen molar-refractivity contribution in [3.63, 3.8) is 0 Å². The molecule has 1 aromatic rings. The SMILES string of the molecule is CCCc1n[nH]c(=S)n1CC1CCOC1. The van der Waals surface area contributed by atoms with Crippen LogP contribution in [0.3, 0.4) is 0 Å². The molecule has 84 valence electrons. The molecule has 1 aliphatic heterocycles. The number of H-pyrrole nitrogens is 1. The third kappa shape index (κ3) is 2.46. The molecule has 15 heavy (non-hydrogen) atoms. The lowest BCUT2D eigenvalue weighted by Gasteiger charge is -2.10. The van der Waals surface area contributed by atoms with Gasteiger partial charge in [-0.3, -0.25) is 5.10 Å². The molecule has 1 unspecified atom stereocenters. The van der Waals surface area contributed by atoms with Crippen LogP contribution in [0.15, 0.2) is 0 Å². The first kappa shape index (κ1) is 10.8. The first-order chi connectivity index (χ1) is 7.31. The van der Waals surface area contributed by atoms with Crippen LogP contribution in [0.25, 0.3) is 0 Å². The van der Waals surface area contributed by atoms with Crippen LogP contribution in [0, 0.1) is 10.7 Å². The summed E-state index contributed by atoms with van der Waals surface area (Å²) in [5.74, 6) is 1.68. The predicted molar refractivity (Wildman–Crippen MR) is 60.3 cm³/mol. The average Bonchev–Trinajstić information content (AvgIpc) is 2.83. The Balaban J connectivity index is 2.10. The number of aromatic amines is 1. The Morgan fingerprint density at radius 1 is 1.67 bits per heavy atom. The van der Waals surface area contributed by atoms with E-state index in [0.717, 1.165) is 49.6 Å². The monoisotopic (exact) mass is 227 g/mol. The zero-order valence-corrected chi connectivity index (χ0v) is 9.85. The first-order valence-electron chi connectivity index (χ1n) is 5.53. The van der Waals surface area contributed by atoms with E-state index in [2.05, 4.69) is 21.7 Å². The highest BCUT2D eigenvalue weighted by atomic mass is 32.1. The lowest BCUT2D eigenvalue weighted by atomic mass is 10.1. The van der Waals surface area contributed by atoms with Crippen LogP contribution in [0.4, 0.5) is 0 Å². The van der Waals surface area contributed by atoms with Crippen LogP contribution >= 0.6 is 12.2 Å². The van der Waals surface area contributed by atoms with Gasteiger partial charge in [-0.05, 0) is 25.1 Å². The Morgan fingerprint density at radius 3 is 3.20 bits per heavy atom. The van der Waals surface area contributed by atoms with E-state index in [4.69, 9.17) is 17.0 Å². The summed E-state index contributed by atoms with van der Waals surface area (Å²) in [4.78, 5) is 0. The van der Waals surface area contributed by atoms with Crippen molar-refractivity contribution in [2.45, 2.75) is 32.7 Å². The van der Waals surface area contributed by atoms with Gasteiger partial charge < -0.3 is 9.30 Å². The summed E-state index contributed by atoms with van der Waals surface area (Å²) >= 11 is 5.23. The second kappa shape index (κ2) is 4.90. The minimum Gasteiger partial charge on any atom is -0.381 e. The topological polar surface area (TPSA) is 42.8 Å². The molecule has 0 amide bonds. The summed E-state index contributed by atoms with van der Waals surface area (Å²) in [6.45, 7) is 4.85. The number of hydrogen-bond donors (Lipinski definition) is 1. The maximum atomic E-state index is 5.37. The molecule has 0 spiro atoms. The molecular formula is C10H17N3OS. The van der Waals surface area contributed by atoms with Crippen molar-refractivity contribution >= 4 is 12.2 Å². The lowest BCUT2D eigenvalue weighted by molar-refractivity contribution is 0.182. The van der Waals surface area contributed by atoms with Crippen LogP contribution in [0.5, 0.6) is 0 Å². The van der Waals surface area contributed by atoms with Gasteiger partial charge in [0.1, 0.15) is 5.82 Å². The van der Waals surface area contributed by atoms with Crippen molar-refractivity contribution in [1.29, 1.82) is 0 Å². The number of aromatic nitrogens is 3. The van der Waals surface area contributed by atoms with Crippen LogP contribution in [-0.2, 0) is 17.7 Å². The number of hydrogen-bond acceptors (Lipinski definition) is 3. The molecule has 1 aromatic heterocycles. The minimum atomic E-state index is 0.602. The number of rotatable bonds is 4. The smallest absolute Gasteiger partial charge is 0.195 e. The highest BCUT2D eigenvalue weighted by Gasteiger charge is 2.18. The van der Waals surface area contributed by atoms with Gasteiger partial charge in [-0.25, -0.2) is 0 Å². The average molecular weight is 227 g/mol. The third-order valence-corrected chi connectivity index (χ3v) is 3.09. The molecule has 0 saturated carbocycles. The Morgan fingerprint density at radius 2 is 2.53 bits per heavy atom. The second-order valence-corrected chi connectivity index (χ2v) is 4.42. The number of ether oxygens (including phenoxy) is 1. The van der Waals surface area contributed by atoms with Gasteiger partial charge in [-0.2, -0.15) is 5.10 Å². The molecule has 4 nitrogen and oxygen atoms in total. The van der Waals surface area contributed by atoms with Crippen LogP contribution in [-0.4, -0.2) is 28.0 Å². The maximum Gasteiger partial charge on any atom is 0.195 e. The Hall–Kier alpha value is -0.680. The number of nitrogens with one attached hydrogen (secondary N) is 1. The van der Waals surface area contributed by atoms with Crippen molar-refractivity contribution < 1.29 is 4.74 Å². The quantitative estimate of drug-likeness (QED) is 0.799. The summed E-state index contributed by atoms with van der Waals surface area (Å²) in [7, 11) is 0. The standard InChI is InChI=1S/C10H17N3OS/c1-2-3-9-11-12-10(15)13(9)6-8-4-5-14-7-8/h8H,2-7H2,1H3,(H,12,15). The Bertz CT molecular complexity index is 365. The predicted octanol–water partition coefficient (Wildman–Crippen LogP) is 1.93. The highest BCUT2D eigenvalue weighted by molar-refractivity contribution is 7.71. The van der Waals surface area contributed by atoms with E-state index < -0.39 is 0 Å². The molecule has 0 aromatic carbocycles. The van der Waals surface area contributed by atoms with Crippen molar-refractivity contribution in [2.24, 2.45) is 5.92 Å². The van der Waals surface area contributed by atoms with Gasteiger partial charge in [0, 0.05) is 25.5 Å². The normalized spacial score (nSPS) is 21.0. The van der Waals surface area contributed by atoms with E-state index in [1.54, 1.807) is 0 Å². The Labute approximate surface area is 94.6 Å². The van der Waals surface area contributed by atoms with E-state index in [9.17, 15) is 0 Å². The van der Waals surface area contributed by atoms with Crippen LogP contribution in [0.2, 0.25) is 0 Å². The molecule has 2 heterocycles. The summed E-state index contributed by atoms with van der Waals surface area (Å²) in [6, 6.07) is 0. The van der Waals surface area contributed by atoms with E-state index in [0.29, 0.717) is 5.92 Å². The highest BCUT2D eigenvalue weighted by Crippen LogP contribution is 2.16. The van der Waals surface area contributed by atoms with Gasteiger partial charge in [0.2, 0.25) is 0 Å². The number of aryl methyl sites for hydroxylation is 1. The molecule has 2 rings (SSSR count). The first-order valence-corrected chi connectivity index (χ1v) is 5.94. The van der Waals surface area contributed by atoms with Crippen molar-refractivity contribution in [2.75, 3.05) is 13.2 Å². The molecule has 5 heteroatoms. The summed E-state index contributed by atoms with van der Waals surface area (Å²) < 4.78 is 8.23. The zero-order chi connectivity index (χ0) is 10.7. The zero-order valence-electron chi connectivity index (χ0n) is 9.03. The van der Waals surface area contributed by atoms with Gasteiger partial charge >= 0.3 is 0 Å². The van der Waals surface area contributed by atoms with Crippen LogP contribution < -0.4 is 0 Å². The van der Waals surface area contributed by atoms with Crippen molar-refractivity contribution in [1.82, 2.24) is 14.8 Å². The molecule has 0 radical (unpaired) electrons. The van der Waals surface area contributed by atoms with E-state index >= 15 is 0 Å². The van der Waals surface area contributed by atoms with Crippen molar-refractivity contribution in [3.8, 4) is 0 Å². The second-order valence-electron chi connectivity index (χ2n) is 4.04. The lowest BCUT2D eigenvalue weighted by Crippen LogP contribution is -2.13. The number of nitrogens with zero attached hydrogens (tertiary/aromatic N) is 2. The van der Waals surface area contributed by atoms with E-state index in [1.807, 2.05) is 0 Å². The van der Waals surface area contributed by atoms with Gasteiger partial charge in [0.15, 0.2) is 4.77 Å². The summed E-state index contributed by atoms with van der Waals surface area (Å²) in [5.41, 5.74) is 0. The van der Waals surface area contributed by atoms with E-state index in [-0.39, 0.29) is 0 Å². The van der Waals surface area contributed by atoms with Gasteiger partial charge in [-0.15, -0.1) is 0 Å². The molecular weight excluding hydrogens is 210 g/mol. The summed E-state index contributed by atoms with van der Waals surface area (Å²) in [6.07, 6.45) is 3.22. The molecule has 1 fully saturated rings. The largest absolute Gasteiger partial charge is 0.381 e. The molecule has 1 saturated heterocycles. The molecule has 0 aliphatic carbocycles. The minimum absolute atomic E-state index is 0.602. The fourth-order valence-electron chi connectivity index (χ4n) is 1.94. The van der Waals surface area contributed by atoms with Gasteiger partial charge in [-0.1, -0.05) is 6.92 Å². The fraction of sp³-hybridized carbons (Fsp3) is 0.800. The third-order valence-electron chi connectivity index (χ3n) is 2.78. The van der Waals surface area contributed by atoms with Crippen molar-refractivity contribution in [3.05, 3.63) is 10.6 Å². The Kier molecular flexibility index (Phi) is 3.53. The molecule has 0 bridgehead atoms. The summed E-state index contributed by atoms with van der Waals surface area (Å²) in [5, 5.41) is 7.12. The van der Waals surface area contributed by atoms with E-state index in [1.165, 1.54) is 0 Å². The maximum absolute atomic E-state index is 5.37. The van der Waals surface area contributed by atoms with Gasteiger partial charge in [0.05, 0.1) is 6.61 Å². The molecule has 1 aliphatic rings. The molecule has 1 N–H and O–H groups in total. The van der Waals surface area contributed by atoms with Crippen LogP contribution in [0.1, 0.15) is 25.6 Å². The molecule has 1 atom stereocenters. The van der Waals surface area contributed by atoms with Gasteiger partial charge in [0.25, 0.3) is 0 Å². The fourth-order valence-corrected chi connectivity index (χ4v) is 2.16.